The highest BCUT2D eigenvalue weighted by atomic mass is 79.9. The normalized spacial score (nSPS) is 20.9. The third kappa shape index (κ3) is 3.02. The molecule has 1 saturated heterocycles. The van der Waals surface area contributed by atoms with Gasteiger partial charge in [0.05, 0.1) is 4.90 Å². The molecule has 0 saturated carbocycles. The van der Waals surface area contributed by atoms with Crippen molar-refractivity contribution < 1.29 is 8.42 Å². The molecule has 19 heavy (non-hydrogen) atoms. The molecule has 0 aliphatic carbocycles. The van der Waals surface area contributed by atoms with Crippen molar-refractivity contribution in [2.45, 2.75) is 31.2 Å². The lowest BCUT2D eigenvalue weighted by atomic mass is 10.1. The van der Waals surface area contributed by atoms with E-state index in [4.69, 9.17) is 5.73 Å². The monoisotopic (exact) mass is 346 g/mol. The van der Waals surface area contributed by atoms with Gasteiger partial charge >= 0.3 is 0 Å². The molecule has 0 aromatic heterocycles. The summed E-state index contributed by atoms with van der Waals surface area (Å²) in [4.78, 5) is 0.335. The Morgan fingerprint density at radius 1 is 1.47 bits per heavy atom. The minimum atomic E-state index is -3.39. The van der Waals surface area contributed by atoms with Gasteiger partial charge < -0.3 is 5.73 Å². The zero-order valence-corrected chi connectivity index (χ0v) is 13.4. The summed E-state index contributed by atoms with van der Waals surface area (Å²) in [5.41, 5.74) is 6.47. The van der Waals surface area contributed by atoms with E-state index in [-0.39, 0.29) is 0 Å². The number of hydrogen-bond donors (Lipinski definition) is 1. The Kier molecular flexibility index (Phi) is 4.66. The van der Waals surface area contributed by atoms with E-state index in [0.717, 1.165) is 18.4 Å². The van der Waals surface area contributed by atoms with Crippen LogP contribution in [0.15, 0.2) is 27.6 Å². The van der Waals surface area contributed by atoms with Gasteiger partial charge in [0.1, 0.15) is 0 Å². The average Bonchev–Trinajstić information content (AvgIpc) is 2.87. The van der Waals surface area contributed by atoms with Crippen LogP contribution in [-0.2, 0) is 16.6 Å². The van der Waals surface area contributed by atoms with Gasteiger partial charge in [0, 0.05) is 24.1 Å². The molecule has 106 valence electrons. The molecular weight excluding hydrogens is 328 g/mol. The molecular formula is C13H19BrN2O2S. The lowest BCUT2D eigenvalue weighted by molar-refractivity contribution is 0.452. The Morgan fingerprint density at radius 3 is 2.74 bits per heavy atom. The standard InChI is InChI=1S/C13H19BrN2O2S/c1-2-10-5-6-16(9-10)19(17,18)13-4-3-11(8-15)7-12(13)14/h3-4,7,10H,2,5-6,8-9,15H2,1H3. The van der Waals surface area contributed by atoms with Gasteiger partial charge in [-0.25, -0.2) is 8.42 Å². The number of rotatable bonds is 4. The Bertz CT molecular complexity index is 560. The fourth-order valence-electron chi connectivity index (χ4n) is 2.37. The van der Waals surface area contributed by atoms with Crippen molar-refractivity contribution in [1.82, 2.24) is 4.31 Å². The predicted molar refractivity (Wildman–Crippen MR) is 79.2 cm³/mol. The maximum Gasteiger partial charge on any atom is 0.244 e. The van der Waals surface area contributed by atoms with E-state index in [1.54, 1.807) is 22.5 Å². The van der Waals surface area contributed by atoms with Crippen LogP contribution in [0.5, 0.6) is 0 Å². The van der Waals surface area contributed by atoms with E-state index < -0.39 is 10.0 Å². The molecule has 1 aromatic carbocycles. The van der Waals surface area contributed by atoms with Crippen molar-refractivity contribution in [2.24, 2.45) is 11.7 Å². The first kappa shape index (κ1) is 15.0. The number of nitrogens with zero attached hydrogens (tertiary/aromatic N) is 1. The quantitative estimate of drug-likeness (QED) is 0.909. The predicted octanol–water partition coefficient (Wildman–Crippen LogP) is 2.33. The Morgan fingerprint density at radius 2 is 2.21 bits per heavy atom. The zero-order valence-electron chi connectivity index (χ0n) is 11.0. The van der Waals surface area contributed by atoms with Crippen LogP contribution in [0.1, 0.15) is 25.3 Å². The van der Waals surface area contributed by atoms with Crippen molar-refractivity contribution in [1.29, 1.82) is 0 Å². The highest BCUT2D eigenvalue weighted by molar-refractivity contribution is 9.10. The van der Waals surface area contributed by atoms with E-state index in [0.29, 0.717) is 34.9 Å². The summed E-state index contributed by atoms with van der Waals surface area (Å²) in [5.74, 6) is 0.483. The van der Waals surface area contributed by atoms with Crippen LogP contribution >= 0.6 is 15.9 Å². The molecule has 0 spiro atoms. The summed E-state index contributed by atoms with van der Waals surface area (Å²) >= 11 is 3.34. The van der Waals surface area contributed by atoms with Crippen molar-refractivity contribution in [2.75, 3.05) is 13.1 Å². The first-order valence-electron chi connectivity index (χ1n) is 6.47. The summed E-state index contributed by atoms with van der Waals surface area (Å²) in [5, 5.41) is 0. The maximum absolute atomic E-state index is 12.6. The molecule has 1 aliphatic heterocycles. The molecule has 0 bridgehead atoms. The van der Waals surface area contributed by atoms with Crippen LogP contribution in [-0.4, -0.2) is 25.8 Å². The van der Waals surface area contributed by atoms with Gasteiger partial charge in [-0.1, -0.05) is 19.4 Å². The second-order valence-electron chi connectivity index (χ2n) is 4.89. The molecule has 2 rings (SSSR count). The van der Waals surface area contributed by atoms with Crippen LogP contribution < -0.4 is 5.73 Å². The Labute approximate surface area is 123 Å². The van der Waals surface area contributed by atoms with Gasteiger partial charge in [-0.05, 0) is 46.0 Å². The molecule has 1 unspecified atom stereocenters. The minimum absolute atomic E-state index is 0.335. The van der Waals surface area contributed by atoms with Crippen molar-refractivity contribution in [3.63, 3.8) is 0 Å². The maximum atomic E-state index is 12.6. The van der Waals surface area contributed by atoms with Gasteiger partial charge in [0.2, 0.25) is 10.0 Å². The lowest BCUT2D eigenvalue weighted by Crippen LogP contribution is -2.29. The van der Waals surface area contributed by atoms with Gasteiger partial charge in [0.15, 0.2) is 0 Å². The third-order valence-corrected chi connectivity index (χ3v) is 6.52. The molecule has 0 amide bonds. The fraction of sp³-hybridized carbons (Fsp3) is 0.538. The molecule has 1 aliphatic rings. The van der Waals surface area contributed by atoms with Crippen LogP contribution in [0.25, 0.3) is 0 Å². The van der Waals surface area contributed by atoms with E-state index in [1.807, 2.05) is 0 Å². The van der Waals surface area contributed by atoms with E-state index >= 15 is 0 Å². The van der Waals surface area contributed by atoms with Crippen LogP contribution in [0.3, 0.4) is 0 Å². The molecule has 1 aromatic rings. The van der Waals surface area contributed by atoms with E-state index in [9.17, 15) is 8.42 Å². The summed E-state index contributed by atoms with van der Waals surface area (Å²) in [7, 11) is -3.39. The molecule has 1 fully saturated rings. The van der Waals surface area contributed by atoms with E-state index in [2.05, 4.69) is 22.9 Å². The SMILES string of the molecule is CCC1CCN(S(=O)(=O)c2ccc(CN)cc2Br)C1. The number of sulfonamides is 1. The molecule has 6 heteroatoms. The van der Waals surface area contributed by atoms with Crippen molar-refractivity contribution in [3.05, 3.63) is 28.2 Å². The largest absolute Gasteiger partial charge is 0.326 e. The zero-order chi connectivity index (χ0) is 14.0. The first-order chi connectivity index (χ1) is 8.98. The van der Waals surface area contributed by atoms with Gasteiger partial charge in [0.25, 0.3) is 0 Å². The third-order valence-electron chi connectivity index (χ3n) is 3.68. The number of hydrogen-bond acceptors (Lipinski definition) is 3. The Hall–Kier alpha value is -0.430. The summed E-state index contributed by atoms with van der Waals surface area (Å²) in [6, 6.07) is 5.19. The smallest absolute Gasteiger partial charge is 0.244 e. The minimum Gasteiger partial charge on any atom is -0.326 e. The van der Waals surface area contributed by atoms with Crippen molar-refractivity contribution in [3.8, 4) is 0 Å². The molecule has 1 atom stereocenters. The fourth-order valence-corrected chi connectivity index (χ4v) is 4.98. The molecule has 1 heterocycles. The van der Waals surface area contributed by atoms with E-state index in [1.165, 1.54) is 0 Å². The number of nitrogens with two attached hydrogens (primary N) is 1. The van der Waals surface area contributed by atoms with Crippen LogP contribution in [0.2, 0.25) is 0 Å². The van der Waals surface area contributed by atoms with Gasteiger partial charge in [-0.3, -0.25) is 0 Å². The van der Waals surface area contributed by atoms with Gasteiger partial charge in [-0.15, -0.1) is 0 Å². The second kappa shape index (κ2) is 5.91. The summed E-state index contributed by atoms with van der Waals surface area (Å²) in [6.45, 7) is 3.75. The van der Waals surface area contributed by atoms with Gasteiger partial charge in [-0.2, -0.15) is 4.31 Å². The molecule has 0 radical (unpaired) electrons. The second-order valence-corrected chi connectivity index (χ2v) is 7.66. The number of benzene rings is 1. The average molecular weight is 347 g/mol. The lowest BCUT2D eigenvalue weighted by Gasteiger charge is -2.17. The van der Waals surface area contributed by atoms with Crippen LogP contribution in [0, 0.1) is 5.92 Å². The first-order valence-corrected chi connectivity index (χ1v) is 8.71. The topological polar surface area (TPSA) is 63.4 Å². The number of halogens is 1. The highest BCUT2D eigenvalue weighted by Crippen LogP contribution is 2.30. The van der Waals surface area contributed by atoms with Crippen molar-refractivity contribution >= 4 is 26.0 Å². The Balaban J connectivity index is 2.30. The molecule has 4 nitrogen and oxygen atoms in total. The summed E-state index contributed by atoms with van der Waals surface area (Å²) in [6.07, 6.45) is 1.98. The van der Waals surface area contributed by atoms with Crippen LogP contribution in [0.4, 0.5) is 0 Å². The highest BCUT2D eigenvalue weighted by Gasteiger charge is 2.32. The molecule has 2 N–H and O–H groups in total. The summed E-state index contributed by atoms with van der Waals surface area (Å²) < 4.78 is 27.3.